The van der Waals surface area contributed by atoms with Crippen LogP contribution in [0.25, 0.3) is 0 Å². The van der Waals surface area contributed by atoms with E-state index >= 15 is 0 Å². The smallest absolute Gasteiger partial charge is 0.198 e. The lowest BCUT2D eigenvalue weighted by Gasteiger charge is -2.32. The third-order valence-electron chi connectivity index (χ3n) is 7.48. The number of carbonyl (C=O) groups is 1. The molecule has 0 aliphatic carbocycles. The summed E-state index contributed by atoms with van der Waals surface area (Å²) in [4.78, 5) is 15.1. The van der Waals surface area contributed by atoms with Gasteiger partial charge in [0.25, 0.3) is 0 Å². The number of halogens is 2. The number of hydrazone groups is 1. The molecule has 0 saturated carbocycles. The third kappa shape index (κ3) is 6.97. The Kier molecular flexibility index (Phi) is 10.0. The van der Waals surface area contributed by atoms with E-state index in [1.807, 2.05) is 60.2 Å². The third-order valence-corrected chi connectivity index (χ3v) is 8.07. The van der Waals surface area contributed by atoms with Gasteiger partial charge in [-0.15, -0.1) is 5.10 Å². The molecule has 0 radical (unpaired) electrons. The quantitative estimate of drug-likeness (QED) is 0.152. The summed E-state index contributed by atoms with van der Waals surface area (Å²) in [5.74, 6) is 1.01. The van der Waals surface area contributed by atoms with Crippen LogP contribution in [0.3, 0.4) is 0 Å². The zero-order chi connectivity index (χ0) is 31.2. The maximum absolute atomic E-state index is 13.4. The number of aryl methyl sites for hydroxylation is 2. The number of rotatable bonds is 12. The minimum absolute atomic E-state index is 0.136. The summed E-state index contributed by atoms with van der Waals surface area (Å²) in [5, 5.41) is 6.78. The highest BCUT2D eigenvalue weighted by molar-refractivity contribution is 9.10. The number of Topliss-reactive ketones (excluding diaryl/α,β-unsaturated/α-hetero) is 1. The van der Waals surface area contributed by atoms with Gasteiger partial charge in [-0.25, -0.2) is 9.40 Å². The molecule has 6 nitrogen and oxygen atoms in total. The molecule has 4 aromatic carbocycles. The molecule has 0 fully saturated rings. The Morgan fingerprint density at radius 3 is 2.20 bits per heavy atom. The second-order valence-electron chi connectivity index (χ2n) is 10.9. The van der Waals surface area contributed by atoms with Crippen molar-refractivity contribution in [2.24, 2.45) is 5.10 Å². The van der Waals surface area contributed by atoms with Gasteiger partial charge in [0, 0.05) is 18.2 Å². The van der Waals surface area contributed by atoms with E-state index in [0.717, 1.165) is 47.3 Å². The first kappa shape index (κ1) is 31.3. The van der Waals surface area contributed by atoms with Crippen molar-refractivity contribution in [1.82, 2.24) is 0 Å². The SMILES string of the molecule is CCCCc1ccc(N2C(C(C)=O)=NN(c3ccc(C)cc3)[C@@H]2c2cc(Br)c(OCc3ccc(F)cc3)c(OCC)c2)cc1. The maximum atomic E-state index is 13.4. The number of unbranched alkanes of at least 4 members (excludes halogenated alkanes) is 1. The van der Waals surface area contributed by atoms with Gasteiger partial charge < -0.3 is 9.47 Å². The Morgan fingerprint density at radius 2 is 1.57 bits per heavy atom. The first-order chi connectivity index (χ1) is 21.3. The summed E-state index contributed by atoms with van der Waals surface area (Å²) in [7, 11) is 0. The molecule has 1 aliphatic heterocycles. The van der Waals surface area contributed by atoms with E-state index in [2.05, 4.69) is 47.1 Å². The molecule has 0 spiro atoms. The van der Waals surface area contributed by atoms with Gasteiger partial charge in [0.1, 0.15) is 12.4 Å². The Morgan fingerprint density at radius 1 is 0.909 bits per heavy atom. The largest absolute Gasteiger partial charge is 0.490 e. The van der Waals surface area contributed by atoms with Crippen LogP contribution in [0.4, 0.5) is 15.8 Å². The molecule has 0 saturated heterocycles. The predicted molar refractivity (Wildman–Crippen MR) is 178 cm³/mol. The van der Waals surface area contributed by atoms with E-state index in [0.29, 0.717) is 28.4 Å². The minimum Gasteiger partial charge on any atom is -0.490 e. The molecule has 5 rings (SSSR count). The molecule has 44 heavy (non-hydrogen) atoms. The summed E-state index contributed by atoms with van der Waals surface area (Å²) in [6.07, 6.45) is 2.77. The van der Waals surface area contributed by atoms with Crippen molar-refractivity contribution < 1.29 is 18.7 Å². The van der Waals surface area contributed by atoms with E-state index in [1.165, 1.54) is 17.7 Å². The van der Waals surface area contributed by atoms with Crippen LogP contribution in [0.15, 0.2) is 94.5 Å². The Labute approximate surface area is 267 Å². The number of amidine groups is 1. The molecule has 8 heteroatoms. The normalized spacial score (nSPS) is 14.5. The van der Waals surface area contributed by atoms with E-state index < -0.39 is 6.17 Å². The van der Waals surface area contributed by atoms with Gasteiger partial charge in [0.2, 0.25) is 0 Å². The van der Waals surface area contributed by atoms with E-state index in [4.69, 9.17) is 14.6 Å². The van der Waals surface area contributed by atoms with Crippen LogP contribution in [-0.2, 0) is 17.8 Å². The number of hydrogen-bond acceptors (Lipinski definition) is 6. The van der Waals surface area contributed by atoms with Gasteiger partial charge in [0.05, 0.1) is 16.8 Å². The second-order valence-corrected chi connectivity index (χ2v) is 11.7. The van der Waals surface area contributed by atoms with E-state index in [1.54, 1.807) is 19.1 Å². The monoisotopic (exact) mass is 657 g/mol. The number of anilines is 2. The van der Waals surface area contributed by atoms with Crippen LogP contribution in [0.5, 0.6) is 11.5 Å². The summed E-state index contributed by atoms with van der Waals surface area (Å²) < 4.78 is 26.4. The number of carbonyl (C=O) groups excluding carboxylic acids is 1. The zero-order valence-corrected chi connectivity index (χ0v) is 27.1. The van der Waals surface area contributed by atoms with Crippen LogP contribution < -0.4 is 19.4 Å². The average molecular weight is 659 g/mol. The van der Waals surface area contributed by atoms with E-state index in [9.17, 15) is 9.18 Å². The van der Waals surface area contributed by atoms with Crippen LogP contribution in [0.2, 0.25) is 0 Å². The highest BCUT2D eigenvalue weighted by Gasteiger charge is 2.40. The van der Waals surface area contributed by atoms with Gasteiger partial charge in [0.15, 0.2) is 29.3 Å². The van der Waals surface area contributed by atoms with Crippen molar-refractivity contribution in [1.29, 1.82) is 0 Å². The Hall–Kier alpha value is -4.17. The molecule has 1 atom stereocenters. The maximum Gasteiger partial charge on any atom is 0.198 e. The van der Waals surface area contributed by atoms with Crippen molar-refractivity contribution in [3.8, 4) is 11.5 Å². The Balaban J connectivity index is 1.59. The second kappa shape index (κ2) is 14.1. The zero-order valence-electron chi connectivity index (χ0n) is 25.5. The molecule has 0 unspecified atom stereocenters. The molecule has 0 aromatic heterocycles. The number of hydrogen-bond donors (Lipinski definition) is 0. The highest BCUT2D eigenvalue weighted by Crippen LogP contribution is 2.45. The van der Waals surface area contributed by atoms with Gasteiger partial charge in [-0.2, -0.15) is 0 Å². The number of nitrogens with zero attached hydrogens (tertiary/aromatic N) is 3. The fraction of sp³-hybridized carbons (Fsp3) is 0.278. The summed E-state index contributed by atoms with van der Waals surface area (Å²) >= 11 is 3.73. The Bertz CT molecular complexity index is 1620. The minimum atomic E-state index is -0.486. The van der Waals surface area contributed by atoms with Crippen molar-refractivity contribution >= 4 is 38.9 Å². The molecule has 0 N–H and O–H groups in total. The summed E-state index contributed by atoms with van der Waals surface area (Å²) in [6.45, 7) is 8.36. The topological polar surface area (TPSA) is 54.4 Å². The molecule has 228 valence electrons. The lowest BCUT2D eigenvalue weighted by atomic mass is 10.1. The van der Waals surface area contributed by atoms with Crippen molar-refractivity contribution in [2.45, 2.75) is 59.7 Å². The van der Waals surface area contributed by atoms with Gasteiger partial charge in [-0.1, -0.05) is 55.3 Å². The summed E-state index contributed by atoms with van der Waals surface area (Å²) in [5.41, 5.74) is 5.79. The first-order valence-electron chi connectivity index (χ1n) is 15.0. The number of ketones is 1. The first-order valence-corrected chi connectivity index (χ1v) is 15.8. The molecule has 1 aliphatic rings. The van der Waals surface area contributed by atoms with Crippen LogP contribution in [-0.4, -0.2) is 18.2 Å². The molecular weight excluding hydrogens is 621 g/mol. The van der Waals surface area contributed by atoms with Crippen molar-refractivity contribution in [3.63, 3.8) is 0 Å². The standard InChI is InChI=1S/C36H37BrFN3O3/c1-5-7-8-26-13-19-30(20-14-26)40-35(25(4)42)39-41(31-17-9-24(3)10-18-31)36(40)28-21-32(37)34(33(22-28)43-6-2)44-23-27-11-15-29(38)16-12-27/h9-22,36H,5-8,23H2,1-4H3/t36-/m1/s1. The van der Waals surface area contributed by atoms with Crippen LogP contribution in [0.1, 0.15) is 62.0 Å². The molecule has 0 bridgehead atoms. The van der Waals surface area contributed by atoms with Gasteiger partial charge in [-0.3, -0.25) is 9.69 Å². The molecule has 4 aromatic rings. The van der Waals surface area contributed by atoms with Crippen LogP contribution in [0, 0.1) is 12.7 Å². The van der Waals surface area contributed by atoms with Gasteiger partial charge >= 0.3 is 0 Å². The average Bonchev–Trinajstić information content (AvgIpc) is 3.42. The molecule has 0 amide bonds. The lowest BCUT2D eigenvalue weighted by molar-refractivity contribution is -0.111. The number of benzene rings is 4. The fourth-order valence-corrected chi connectivity index (χ4v) is 5.77. The van der Waals surface area contributed by atoms with Gasteiger partial charge in [-0.05, 0) is 102 Å². The predicted octanol–water partition coefficient (Wildman–Crippen LogP) is 9.14. The lowest BCUT2D eigenvalue weighted by Crippen LogP contribution is -2.37. The molecule has 1 heterocycles. The van der Waals surface area contributed by atoms with E-state index in [-0.39, 0.29) is 18.2 Å². The summed E-state index contributed by atoms with van der Waals surface area (Å²) in [6, 6.07) is 26.6. The highest BCUT2D eigenvalue weighted by atomic mass is 79.9. The van der Waals surface area contributed by atoms with Crippen molar-refractivity contribution in [3.05, 3.63) is 117 Å². The van der Waals surface area contributed by atoms with Crippen molar-refractivity contribution in [2.75, 3.05) is 16.5 Å². The molecular formula is C36H37BrFN3O3. The number of ether oxygens (including phenoxy) is 2. The fourth-order valence-electron chi connectivity index (χ4n) is 5.20. The van der Waals surface area contributed by atoms with Crippen LogP contribution >= 0.6 is 15.9 Å².